The average Bonchev–Trinajstić information content (AvgIpc) is 2.98. The second kappa shape index (κ2) is 4.75. The molecule has 18 heavy (non-hydrogen) atoms. The van der Waals surface area contributed by atoms with Crippen LogP contribution in [0.2, 0.25) is 0 Å². The topological polar surface area (TPSA) is 104 Å². The lowest BCUT2D eigenvalue weighted by Gasteiger charge is -2.34. The van der Waals surface area contributed by atoms with Crippen LogP contribution in [0.4, 0.5) is 4.79 Å². The summed E-state index contributed by atoms with van der Waals surface area (Å²) >= 11 is 0. The van der Waals surface area contributed by atoms with Crippen molar-refractivity contribution in [3.8, 4) is 0 Å². The Morgan fingerprint density at radius 1 is 1.33 bits per heavy atom. The zero-order chi connectivity index (χ0) is 13.3. The summed E-state index contributed by atoms with van der Waals surface area (Å²) in [7, 11) is -3.24. The third-order valence-electron chi connectivity index (χ3n) is 3.11. The number of nitrogens with one attached hydrogen (secondary N) is 1. The van der Waals surface area contributed by atoms with E-state index in [1.807, 2.05) is 0 Å². The lowest BCUT2D eigenvalue weighted by molar-refractivity contribution is -0.138. The first-order valence-electron chi connectivity index (χ1n) is 5.87. The first-order valence-corrected chi connectivity index (χ1v) is 7.69. The van der Waals surface area contributed by atoms with Crippen LogP contribution in [0.15, 0.2) is 0 Å². The molecule has 1 saturated heterocycles. The fourth-order valence-electron chi connectivity index (χ4n) is 2.01. The van der Waals surface area contributed by atoms with Crippen LogP contribution >= 0.6 is 0 Å². The van der Waals surface area contributed by atoms with Crippen molar-refractivity contribution in [1.29, 1.82) is 0 Å². The summed E-state index contributed by atoms with van der Waals surface area (Å²) in [5.74, 6) is -1.46. The van der Waals surface area contributed by atoms with E-state index in [-0.39, 0.29) is 36.5 Å². The maximum Gasteiger partial charge on any atom is 0.317 e. The number of amides is 2. The van der Waals surface area contributed by atoms with E-state index >= 15 is 0 Å². The highest BCUT2D eigenvalue weighted by atomic mass is 32.2. The summed E-state index contributed by atoms with van der Waals surface area (Å²) < 4.78 is 23.0. The zero-order valence-corrected chi connectivity index (χ0v) is 10.6. The van der Waals surface area contributed by atoms with Crippen molar-refractivity contribution in [2.24, 2.45) is 0 Å². The van der Waals surface area contributed by atoms with Gasteiger partial charge >= 0.3 is 12.0 Å². The van der Waals surface area contributed by atoms with Gasteiger partial charge in [0, 0.05) is 12.6 Å². The Hall–Kier alpha value is -1.31. The summed E-state index contributed by atoms with van der Waals surface area (Å²) in [5, 5.41) is 11.5. The molecule has 1 atom stereocenters. The number of carboxylic acids is 1. The molecule has 2 amide bonds. The number of sulfone groups is 1. The minimum absolute atomic E-state index is 0.0683. The van der Waals surface area contributed by atoms with E-state index in [2.05, 4.69) is 5.32 Å². The lowest BCUT2D eigenvalue weighted by atomic mass is 10.2. The van der Waals surface area contributed by atoms with E-state index in [4.69, 9.17) is 5.11 Å². The van der Waals surface area contributed by atoms with Crippen LogP contribution in [0.3, 0.4) is 0 Å². The predicted octanol–water partition coefficient (Wildman–Crippen LogP) is -0.568. The molecule has 1 heterocycles. The van der Waals surface area contributed by atoms with Crippen LogP contribution in [0, 0.1) is 0 Å². The maximum atomic E-state index is 11.9. The minimum atomic E-state index is -3.24. The van der Waals surface area contributed by atoms with Crippen molar-refractivity contribution in [2.75, 3.05) is 18.1 Å². The Bertz CT molecular complexity index is 457. The fraction of sp³-hybridized carbons (Fsp3) is 0.800. The van der Waals surface area contributed by atoms with Crippen molar-refractivity contribution >= 4 is 21.8 Å². The van der Waals surface area contributed by atoms with Crippen LogP contribution in [-0.2, 0) is 14.6 Å². The van der Waals surface area contributed by atoms with E-state index in [1.165, 1.54) is 4.90 Å². The molecule has 7 nitrogen and oxygen atoms in total. The highest BCUT2D eigenvalue weighted by Crippen LogP contribution is 2.21. The molecule has 0 spiro atoms. The number of hydrogen-bond acceptors (Lipinski definition) is 4. The SMILES string of the molecule is O=C(O)CC1CS(=O)(=O)CCN1C(=O)NC1CC1. The number of urea groups is 1. The Kier molecular flexibility index (Phi) is 3.47. The van der Waals surface area contributed by atoms with Gasteiger partial charge in [-0.3, -0.25) is 4.79 Å². The van der Waals surface area contributed by atoms with E-state index in [9.17, 15) is 18.0 Å². The van der Waals surface area contributed by atoms with Gasteiger partial charge in [-0.15, -0.1) is 0 Å². The van der Waals surface area contributed by atoms with Crippen molar-refractivity contribution in [3.05, 3.63) is 0 Å². The van der Waals surface area contributed by atoms with Crippen molar-refractivity contribution < 1.29 is 23.1 Å². The molecule has 0 bridgehead atoms. The zero-order valence-electron chi connectivity index (χ0n) is 9.83. The average molecular weight is 276 g/mol. The largest absolute Gasteiger partial charge is 0.481 e. The Balaban J connectivity index is 2.05. The van der Waals surface area contributed by atoms with Gasteiger partial charge in [-0.05, 0) is 12.8 Å². The third-order valence-corrected chi connectivity index (χ3v) is 4.80. The Morgan fingerprint density at radius 3 is 2.56 bits per heavy atom. The molecule has 1 saturated carbocycles. The molecule has 0 aromatic rings. The minimum Gasteiger partial charge on any atom is -0.481 e. The summed E-state index contributed by atoms with van der Waals surface area (Å²) in [5.41, 5.74) is 0. The van der Waals surface area contributed by atoms with Crippen LogP contribution in [0.25, 0.3) is 0 Å². The van der Waals surface area contributed by atoms with Crippen molar-refractivity contribution in [3.63, 3.8) is 0 Å². The fourth-order valence-corrected chi connectivity index (χ4v) is 3.54. The van der Waals surface area contributed by atoms with Gasteiger partial charge in [0.2, 0.25) is 0 Å². The normalized spacial score (nSPS) is 26.7. The number of aliphatic carboxylic acids is 1. The molecule has 8 heteroatoms. The van der Waals surface area contributed by atoms with Gasteiger partial charge in [0.15, 0.2) is 9.84 Å². The Labute approximate surface area is 105 Å². The lowest BCUT2D eigenvalue weighted by Crippen LogP contribution is -2.55. The van der Waals surface area contributed by atoms with E-state index < -0.39 is 21.8 Å². The van der Waals surface area contributed by atoms with E-state index in [0.29, 0.717) is 0 Å². The van der Waals surface area contributed by atoms with Gasteiger partial charge in [0.05, 0.1) is 24.0 Å². The molecule has 2 aliphatic rings. The number of hydrogen-bond donors (Lipinski definition) is 2. The number of nitrogens with zero attached hydrogens (tertiary/aromatic N) is 1. The van der Waals surface area contributed by atoms with E-state index in [1.54, 1.807) is 0 Å². The molecule has 2 fully saturated rings. The predicted molar refractivity (Wildman–Crippen MR) is 63.0 cm³/mol. The smallest absolute Gasteiger partial charge is 0.317 e. The molecule has 0 aromatic heterocycles. The Morgan fingerprint density at radius 2 is 2.00 bits per heavy atom. The quantitative estimate of drug-likeness (QED) is 0.718. The molecule has 0 radical (unpaired) electrons. The van der Waals surface area contributed by atoms with Gasteiger partial charge in [0.1, 0.15) is 0 Å². The second-order valence-electron chi connectivity index (χ2n) is 4.78. The molecule has 102 valence electrons. The molecule has 2 rings (SSSR count). The number of carboxylic acid groups (broad SMARTS) is 1. The standard InChI is InChI=1S/C10H16N2O5S/c13-9(14)5-8-6-18(16,17)4-3-12(8)10(15)11-7-1-2-7/h7-8H,1-6H2,(H,11,15)(H,13,14). The van der Waals surface area contributed by atoms with Crippen molar-refractivity contribution in [2.45, 2.75) is 31.3 Å². The molecular formula is C10H16N2O5S. The molecule has 1 aliphatic carbocycles. The van der Waals surface area contributed by atoms with Crippen LogP contribution < -0.4 is 5.32 Å². The third kappa shape index (κ3) is 3.34. The molecule has 1 aliphatic heterocycles. The van der Waals surface area contributed by atoms with Crippen molar-refractivity contribution in [1.82, 2.24) is 10.2 Å². The van der Waals surface area contributed by atoms with Gasteiger partial charge in [-0.1, -0.05) is 0 Å². The molecule has 0 aromatic carbocycles. The first-order chi connectivity index (χ1) is 8.37. The summed E-state index contributed by atoms with van der Waals surface area (Å²) in [4.78, 5) is 23.9. The number of carbonyl (C=O) groups excluding carboxylic acids is 1. The summed E-state index contributed by atoms with van der Waals surface area (Å²) in [6.45, 7) is 0.0683. The second-order valence-corrected chi connectivity index (χ2v) is 7.01. The first kappa shape index (κ1) is 13.1. The summed E-state index contributed by atoms with van der Waals surface area (Å²) in [6.07, 6.45) is 1.53. The van der Waals surface area contributed by atoms with Gasteiger partial charge < -0.3 is 15.3 Å². The highest BCUT2D eigenvalue weighted by molar-refractivity contribution is 7.91. The van der Waals surface area contributed by atoms with Gasteiger partial charge in [-0.25, -0.2) is 13.2 Å². The molecular weight excluding hydrogens is 260 g/mol. The van der Waals surface area contributed by atoms with Crippen LogP contribution in [-0.4, -0.2) is 60.6 Å². The van der Waals surface area contributed by atoms with Crippen LogP contribution in [0.1, 0.15) is 19.3 Å². The monoisotopic (exact) mass is 276 g/mol. The molecule has 2 N–H and O–H groups in total. The molecule has 1 unspecified atom stereocenters. The summed E-state index contributed by atoms with van der Waals surface area (Å²) in [6, 6.07) is -0.944. The van der Waals surface area contributed by atoms with E-state index in [0.717, 1.165) is 12.8 Å². The van der Waals surface area contributed by atoms with Gasteiger partial charge in [-0.2, -0.15) is 0 Å². The van der Waals surface area contributed by atoms with Crippen LogP contribution in [0.5, 0.6) is 0 Å². The van der Waals surface area contributed by atoms with Gasteiger partial charge in [0.25, 0.3) is 0 Å². The number of carbonyl (C=O) groups is 2. The maximum absolute atomic E-state index is 11.9. The number of rotatable bonds is 3. The highest BCUT2D eigenvalue weighted by Gasteiger charge is 2.37.